The van der Waals surface area contributed by atoms with Crippen LogP contribution in [0.3, 0.4) is 0 Å². The van der Waals surface area contributed by atoms with Crippen LogP contribution in [-0.2, 0) is 13.1 Å². The predicted octanol–water partition coefficient (Wildman–Crippen LogP) is 3.67. The number of hydrogen-bond donors (Lipinski definition) is 0. The highest BCUT2D eigenvalue weighted by Crippen LogP contribution is 2.30. The minimum Gasteiger partial charge on any atom is -0.326 e. The average Bonchev–Trinajstić information content (AvgIpc) is 3.23. The molecule has 0 aliphatic carbocycles. The van der Waals surface area contributed by atoms with Crippen molar-refractivity contribution in [3.05, 3.63) is 47.5 Å². The maximum Gasteiger partial charge on any atom is 0.114 e. The van der Waals surface area contributed by atoms with Gasteiger partial charge in [-0.2, -0.15) is 5.26 Å². The predicted molar refractivity (Wildman–Crippen MR) is 99.2 cm³/mol. The molecular formula is C19H21N5S. The Kier molecular flexibility index (Phi) is 4.28. The first kappa shape index (κ1) is 16.2. The Balaban J connectivity index is 1.45. The van der Waals surface area contributed by atoms with Gasteiger partial charge in [0.2, 0.25) is 0 Å². The summed E-state index contributed by atoms with van der Waals surface area (Å²) in [5.74, 6) is 0. The molecule has 1 saturated heterocycles. The summed E-state index contributed by atoms with van der Waals surface area (Å²) >= 11 is 1.74. The summed E-state index contributed by atoms with van der Waals surface area (Å²) in [5, 5.41) is 10.4. The second kappa shape index (κ2) is 6.58. The summed E-state index contributed by atoms with van der Waals surface area (Å²) in [6, 6.07) is 10.7. The maximum atomic E-state index is 9.27. The number of imidazole rings is 1. The van der Waals surface area contributed by atoms with Crippen LogP contribution in [0.4, 0.5) is 0 Å². The molecule has 25 heavy (non-hydrogen) atoms. The lowest BCUT2D eigenvalue weighted by atomic mass is 9.82. The number of likely N-dealkylation sites (tertiary alicyclic amines) is 1. The van der Waals surface area contributed by atoms with Crippen molar-refractivity contribution in [2.24, 2.45) is 5.41 Å². The van der Waals surface area contributed by atoms with E-state index in [1.807, 2.05) is 18.6 Å². The third-order valence-electron chi connectivity index (χ3n) is 5.06. The first-order valence-corrected chi connectivity index (χ1v) is 9.44. The molecule has 6 heteroatoms. The summed E-state index contributed by atoms with van der Waals surface area (Å²) < 4.78 is 3.42. The third kappa shape index (κ3) is 3.44. The molecule has 0 bridgehead atoms. The molecular weight excluding hydrogens is 330 g/mol. The highest BCUT2D eigenvalue weighted by molar-refractivity contribution is 7.18. The number of benzene rings is 1. The number of para-hydroxylation sites is 1. The van der Waals surface area contributed by atoms with E-state index in [-0.39, 0.29) is 5.41 Å². The first-order chi connectivity index (χ1) is 12.1. The molecule has 2 aromatic heterocycles. The van der Waals surface area contributed by atoms with Gasteiger partial charge in [-0.05, 0) is 31.9 Å². The van der Waals surface area contributed by atoms with Crippen molar-refractivity contribution in [1.82, 2.24) is 19.4 Å². The fourth-order valence-corrected chi connectivity index (χ4v) is 4.27. The summed E-state index contributed by atoms with van der Waals surface area (Å²) in [6.45, 7) is 5.65. The zero-order valence-corrected chi connectivity index (χ0v) is 15.2. The number of nitrogens with zero attached hydrogens (tertiary/aromatic N) is 5. The Morgan fingerprint density at radius 2 is 2.04 bits per heavy atom. The third-order valence-corrected chi connectivity index (χ3v) is 6.08. The molecule has 0 amide bonds. The number of hydrogen-bond acceptors (Lipinski definition) is 5. The van der Waals surface area contributed by atoms with Gasteiger partial charge in [0.05, 0.1) is 40.3 Å². The molecule has 1 aliphatic rings. The van der Waals surface area contributed by atoms with Crippen molar-refractivity contribution in [3.63, 3.8) is 0 Å². The molecule has 4 rings (SSSR count). The molecule has 1 aromatic carbocycles. The number of aromatic nitrogens is 3. The Bertz CT molecular complexity index is 878. The van der Waals surface area contributed by atoms with Crippen LogP contribution in [0.25, 0.3) is 10.2 Å². The Morgan fingerprint density at radius 3 is 2.80 bits per heavy atom. The standard InChI is InChI=1S/C19H21N5S/c1-19(13-20)6-8-23(9-7-19)11-15-10-21-14-24(15)12-18-22-16-4-2-3-5-17(16)25-18/h2-5,10,14H,6-9,11-12H2,1H3. The van der Waals surface area contributed by atoms with Gasteiger partial charge in [-0.1, -0.05) is 12.1 Å². The van der Waals surface area contributed by atoms with E-state index in [4.69, 9.17) is 4.98 Å². The van der Waals surface area contributed by atoms with Crippen LogP contribution >= 0.6 is 11.3 Å². The normalized spacial score (nSPS) is 17.6. The molecule has 128 valence electrons. The maximum absolute atomic E-state index is 9.27. The van der Waals surface area contributed by atoms with Gasteiger partial charge in [-0.3, -0.25) is 4.90 Å². The van der Waals surface area contributed by atoms with Gasteiger partial charge in [0.25, 0.3) is 0 Å². The first-order valence-electron chi connectivity index (χ1n) is 8.62. The van der Waals surface area contributed by atoms with E-state index in [0.717, 1.165) is 49.5 Å². The van der Waals surface area contributed by atoms with Crippen molar-refractivity contribution in [1.29, 1.82) is 5.26 Å². The van der Waals surface area contributed by atoms with Crippen molar-refractivity contribution < 1.29 is 0 Å². The zero-order valence-electron chi connectivity index (χ0n) is 14.4. The zero-order chi connectivity index (χ0) is 17.3. The van der Waals surface area contributed by atoms with Crippen LogP contribution in [-0.4, -0.2) is 32.5 Å². The van der Waals surface area contributed by atoms with Crippen LogP contribution in [0, 0.1) is 16.7 Å². The summed E-state index contributed by atoms with van der Waals surface area (Å²) in [6.07, 6.45) is 5.72. The van der Waals surface area contributed by atoms with Crippen molar-refractivity contribution in [2.45, 2.75) is 32.9 Å². The Morgan fingerprint density at radius 1 is 1.24 bits per heavy atom. The molecule has 0 atom stereocenters. The Hall–Kier alpha value is -2.23. The number of rotatable bonds is 4. The highest BCUT2D eigenvalue weighted by atomic mass is 32.1. The number of thiazole rings is 1. The van der Waals surface area contributed by atoms with E-state index < -0.39 is 0 Å². The summed E-state index contributed by atoms with van der Waals surface area (Å²) in [5.41, 5.74) is 2.12. The molecule has 3 heterocycles. The molecule has 1 aliphatic heterocycles. The summed E-state index contributed by atoms with van der Waals surface area (Å²) in [4.78, 5) is 11.5. The SMILES string of the molecule is CC1(C#N)CCN(Cc2cncn2Cc2nc3ccccc3s2)CC1. The van der Waals surface area contributed by atoms with Gasteiger partial charge in [-0.25, -0.2) is 9.97 Å². The molecule has 3 aromatic rings. The second-order valence-electron chi connectivity index (χ2n) is 7.04. The van der Waals surface area contributed by atoms with Gasteiger partial charge in [0.1, 0.15) is 5.01 Å². The van der Waals surface area contributed by atoms with Crippen LogP contribution in [0.5, 0.6) is 0 Å². The lowest BCUT2D eigenvalue weighted by Crippen LogP contribution is -2.37. The average molecular weight is 351 g/mol. The molecule has 0 N–H and O–H groups in total. The van der Waals surface area contributed by atoms with Gasteiger partial charge >= 0.3 is 0 Å². The van der Waals surface area contributed by atoms with Crippen molar-refractivity contribution >= 4 is 21.6 Å². The quantitative estimate of drug-likeness (QED) is 0.720. The van der Waals surface area contributed by atoms with Crippen LogP contribution in [0.15, 0.2) is 36.8 Å². The van der Waals surface area contributed by atoms with Gasteiger partial charge in [-0.15, -0.1) is 11.3 Å². The summed E-state index contributed by atoms with van der Waals surface area (Å²) in [7, 11) is 0. The number of nitriles is 1. The highest BCUT2D eigenvalue weighted by Gasteiger charge is 2.30. The largest absolute Gasteiger partial charge is 0.326 e. The van der Waals surface area contributed by atoms with Crippen LogP contribution < -0.4 is 0 Å². The topological polar surface area (TPSA) is 57.7 Å². The molecule has 0 saturated carbocycles. The van der Waals surface area contributed by atoms with E-state index in [1.54, 1.807) is 11.3 Å². The minimum absolute atomic E-state index is 0.155. The molecule has 0 radical (unpaired) electrons. The van der Waals surface area contributed by atoms with Gasteiger partial charge in [0, 0.05) is 25.8 Å². The van der Waals surface area contributed by atoms with Crippen molar-refractivity contribution in [2.75, 3.05) is 13.1 Å². The van der Waals surface area contributed by atoms with E-state index in [9.17, 15) is 5.26 Å². The monoisotopic (exact) mass is 351 g/mol. The molecule has 0 spiro atoms. The van der Waals surface area contributed by atoms with Gasteiger partial charge in [0.15, 0.2) is 0 Å². The lowest BCUT2D eigenvalue weighted by Gasteiger charge is -2.34. The van der Waals surface area contributed by atoms with Crippen molar-refractivity contribution in [3.8, 4) is 6.07 Å². The van der Waals surface area contributed by atoms with E-state index >= 15 is 0 Å². The molecule has 1 fully saturated rings. The van der Waals surface area contributed by atoms with Gasteiger partial charge < -0.3 is 4.57 Å². The van der Waals surface area contributed by atoms with Crippen LogP contribution in [0.2, 0.25) is 0 Å². The smallest absolute Gasteiger partial charge is 0.114 e. The fourth-order valence-electron chi connectivity index (χ4n) is 3.30. The Labute approximate surface area is 151 Å². The van der Waals surface area contributed by atoms with Crippen LogP contribution in [0.1, 0.15) is 30.5 Å². The van der Waals surface area contributed by atoms with E-state index in [0.29, 0.717) is 0 Å². The number of fused-ring (bicyclic) bond motifs is 1. The second-order valence-corrected chi connectivity index (χ2v) is 8.15. The molecule has 5 nitrogen and oxygen atoms in total. The van der Waals surface area contributed by atoms with E-state index in [1.165, 1.54) is 10.4 Å². The molecule has 0 unspecified atom stereocenters. The fraction of sp³-hybridized carbons (Fsp3) is 0.421. The minimum atomic E-state index is -0.155. The lowest BCUT2D eigenvalue weighted by molar-refractivity contribution is 0.148. The number of piperidine rings is 1. The van der Waals surface area contributed by atoms with E-state index in [2.05, 4.69) is 45.6 Å².